The highest BCUT2D eigenvalue weighted by Gasteiger charge is 2.22. The zero-order valence-corrected chi connectivity index (χ0v) is 15.1. The minimum atomic E-state index is 0.509. The summed E-state index contributed by atoms with van der Waals surface area (Å²) in [7, 11) is 0. The van der Waals surface area contributed by atoms with Crippen molar-refractivity contribution in [3.63, 3.8) is 0 Å². The second-order valence-corrected chi connectivity index (χ2v) is 7.05. The Morgan fingerprint density at radius 1 is 1.27 bits per heavy atom. The van der Waals surface area contributed by atoms with E-state index in [1.165, 1.54) is 36.9 Å². The van der Waals surface area contributed by atoms with Crippen molar-refractivity contribution in [3.05, 3.63) is 29.3 Å². The highest BCUT2D eigenvalue weighted by atomic mass is 32.1. The van der Waals surface area contributed by atoms with Crippen LogP contribution in [-0.2, 0) is 0 Å². The maximum Gasteiger partial charge on any atom is 0.170 e. The molecule has 2 N–H and O–H groups in total. The Bertz CT molecular complexity index is 495. The summed E-state index contributed by atoms with van der Waals surface area (Å²) >= 11 is 5.43. The molecule has 0 radical (unpaired) electrons. The van der Waals surface area contributed by atoms with Gasteiger partial charge in [0, 0.05) is 24.3 Å². The van der Waals surface area contributed by atoms with Crippen LogP contribution in [0.2, 0.25) is 0 Å². The predicted octanol–water partition coefficient (Wildman–Crippen LogP) is 3.85. The second-order valence-electron chi connectivity index (χ2n) is 6.64. The minimum Gasteiger partial charge on any atom is -0.361 e. The lowest BCUT2D eigenvalue weighted by Gasteiger charge is -2.38. The standard InChI is InChI=1S/C18H29N3S/c1-13-9-14(2)11-17(10-13)20-18(22)19-12-16(4)21-8-6-5-7-15(21)3/h9-11,15-16H,5-8,12H2,1-4H3,(H2,19,20,22)/t15-,16+/m1/s1. The number of piperidine rings is 1. The minimum absolute atomic E-state index is 0.509. The Morgan fingerprint density at radius 2 is 1.95 bits per heavy atom. The fourth-order valence-electron chi connectivity index (χ4n) is 3.35. The summed E-state index contributed by atoms with van der Waals surface area (Å²) in [4.78, 5) is 2.59. The van der Waals surface area contributed by atoms with Gasteiger partial charge in [0.25, 0.3) is 0 Å². The van der Waals surface area contributed by atoms with Gasteiger partial charge in [0.15, 0.2) is 5.11 Å². The van der Waals surface area contributed by atoms with Crippen LogP contribution in [0, 0.1) is 13.8 Å². The predicted molar refractivity (Wildman–Crippen MR) is 99.6 cm³/mol. The molecule has 1 aliphatic rings. The molecule has 3 nitrogen and oxygen atoms in total. The summed E-state index contributed by atoms with van der Waals surface area (Å²) in [6.45, 7) is 10.9. The summed E-state index contributed by atoms with van der Waals surface area (Å²) in [5.74, 6) is 0. The molecule has 2 atom stereocenters. The Morgan fingerprint density at radius 3 is 2.59 bits per heavy atom. The molecule has 0 bridgehead atoms. The SMILES string of the molecule is Cc1cc(C)cc(NC(=S)NC[C@H](C)N2CCCC[C@H]2C)c1. The number of thiocarbonyl (C=S) groups is 1. The van der Waals surface area contributed by atoms with Crippen LogP contribution in [0.3, 0.4) is 0 Å². The monoisotopic (exact) mass is 319 g/mol. The first-order valence-corrected chi connectivity index (χ1v) is 8.75. The third-order valence-electron chi connectivity index (χ3n) is 4.46. The Hall–Kier alpha value is -1.13. The van der Waals surface area contributed by atoms with Gasteiger partial charge in [0.1, 0.15) is 0 Å². The second kappa shape index (κ2) is 7.93. The average Bonchev–Trinajstić information content (AvgIpc) is 2.44. The first-order chi connectivity index (χ1) is 10.5. The molecule has 0 unspecified atom stereocenters. The van der Waals surface area contributed by atoms with Gasteiger partial charge >= 0.3 is 0 Å². The number of nitrogens with one attached hydrogen (secondary N) is 2. The third kappa shape index (κ3) is 4.96. The molecule has 0 aromatic heterocycles. The van der Waals surface area contributed by atoms with Gasteiger partial charge < -0.3 is 10.6 Å². The van der Waals surface area contributed by atoms with E-state index in [0.717, 1.165) is 12.2 Å². The Labute approximate surface area is 140 Å². The zero-order valence-electron chi connectivity index (χ0n) is 14.3. The highest BCUT2D eigenvalue weighted by molar-refractivity contribution is 7.80. The molecule has 4 heteroatoms. The Kier molecular flexibility index (Phi) is 6.21. The molecule has 1 aromatic rings. The van der Waals surface area contributed by atoms with Gasteiger partial charge in [0.2, 0.25) is 0 Å². The molecule has 0 aliphatic carbocycles. The molecule has 1 saturated heterocycles. The largest absolute Gasteiger partial charge is 0.361 e. The van der Waals surface area contributed by atoms with Crippen LogP contribution in [0.15, 0.2) is 18.2 Å². The molecular weight excluding hydrogens is 290 g/mol. The number of nitrogens with zero attached hydrogens (tertiary/aromatic N) is 1. The van der Waals surface area contributed by atoms with Crippen molar-refractivity contribution in [3.8, 4) is 0 Å². The normalized spacial score (nSPS) is 20.5. The van der Waals surface area contributed by atoms with Crippen LogP contribution in [0.1, 0.15) is 44.2 Å². The number of aryl methyl sites for hydroxylation is 2. The molecule has 1 aromatic carbocycles. The number of likely N-dealkylation sites (tertiary alicyclic amines) is 1. The van der Waals surface area contributed by atoms with Crippen molar-refractivity contribution in [2.45, 2.75) is 59.0 Å². The van der Waals surface area contributed by atoms with E-state index in [-0.39, 0.29) is 0 Å². The van der Waals surface area contributed by atoms with Crippen LogP contribution in [-0.4, -0.2) is 35.2 Å². The topological polar surface area (TPSA) is 27.3 Å². The summed E-state index contributed by atoms with van der Waals surface area (Å²) in [5.41, 5.74) is 3.57. The van der Waals surface area contributed by atoms with Gasteiger partial charge in [0.05, 0.1) is 0 Å². The molecule has 22 heavy (non-hydrogen) atoms. The van der Waals surface area contributed by atoms with Crippen molar-refractivity contribution in [1.82, 2.24) is 10.2 Å². The van der Waals surface area contributed by atoms with Crippen molar-refractivity contribution in [1.29, 1.82) is 0 Å². The number of rotatable bonds is 4. The molecule has 0 amide bonds. The first-order valence-electron chi connectivity index (χ1n) is 8.34. The molecule has 1 fully saturated rings. The van der Waals surface area contributed by atoms with E-state index in [4.69, 9.17) is 12.2 Å². The molecule has 2 rings (SSSR count). The lowest BCUT2D eigenvalue weighted by atomic mass is 10.0. The lowest BCUT2D eigenvalue weighted by molar-refractivity contribution is 0.116. The van der Waals surface area contributed by atoms with E-state index >= 15 is 0 Å². The number of hydrogen-bond donors (Lipinski definition) is 2. The van der Waals surface area contributed by atoms with Crippen LogP contribution >= 0.6 is 12.2 Å². The smallest absolute Gasteiger partial charge is 0.170 e. The van der Waals surface area contributed by atoms with Gasteiger partial charge in [-0.3, -0.25) is 4.90 Å². The van der Waals surface area contributed by atoms with E-state index in [9.17, 15) is 0 Å². The summed E-state index contributed by atoms with van der Waals surface area (Å²) < 4.78 is 0. The first kappa shape index (κ1) is 17.2. The molecule has 0 spiro atoms. The van der Waals surface area contributed by atoms with Gasteiger partial charge in [-0.1, -0.05) is 12.5 Å². The maximum absolute atomic E-state index is 5.43. The fraction of sp³-hybridized carbons (Fsp3) is 0.611. The molecular formula is C18H29N3S. The highest BCUT2D eigenvalue weighted by Crippen LogP contribution is 2.18. The van der Waals surface area contributed by atoms with Gasteiger partial charge in [-0.15, -0.1) is 0 Å². The number of anilines is 1. The van der Waals surface area contributed by atoms with E-state index in [2.05, 4.69) is 61.4 Å². The maximum atomic E-state index is 5.43. The van der Waals surface area contributed by atoms with Crippen molar-refractivity contribution in [2.75, 3.05) is 18.4 Å². The van der Waals surface area contributed by atoms with Crippen LogP contribution < -0.4 is 10.6 Å². The molecule has 0 saturated carbocycles. The quantitative estimate of drug-likeness (QED) is 0.824. The van der Waals surface area contributed by atoms with Gasteiger partial charge in [-0.05, 0) is 82.6 Å². The number of benzene rings is 1. The summed E-state index contributed by atoms with van der Waals surface area (Å²) in [6, 6.07) is 7.61. The van der Waals surface area contributed by atoms with E-state index in [1.54, 1.807) is 0 Å². The lowest BCUT2D eigenvalue weighted by Crippen LogP contribution is -2.49. The zero-order chi connectivity index (χ0) is 16.1. The van der Waals surface area contributed by atoms with Crippen LogP contribution in [0.4, 0.5) is 5.69 Å². The molecule has 1 heterocycles. The summed E-state index contributed by atoms with van der Waals surface area (Å²) in [5, 5.41) is 7.37. The van der Waals surface area contributed by atoms with E-state index in [0.29, 0.717) is 17.2 Å². The summed E-state index contributed by atoms with van der Waals surface area (Å²) in [6.07, 6.45) is 4.00. The van der Waals surface area contributed by atoms with Crippen molar-refractivity contribution in [2.24, 2.45) is 0 Å². The van der Waals surface area contributed by atoms with Gasteiger partial charge in [-0.25, -0.2) is 0 Å². The molecule has 1 aliphatic heterocycles. The fourth-order valence-corrected chi connectivity index (χ4v) is 3.56. The van der Waals surface area contributed by atoms with E-state index < -0.39 is 0 Å². The van der Waals surface area contributed by atoms with Gasteiger partial charge in [-0.2, -0.15) is 0 Å². The molecule has 122 valence electrons. The third-order valence-corrected chi connectivity index (χ3v) is 4.70. The van der Waals surface area contributed by atoms with Crippen molar-refractivity contribution < 1.29 is 0 Å². The Balaban J connectivity index is 1.81. The average molecular weight is 320 g/mol. The van der Waals surface area contributed by atoms with Crippen LogP contribution in [0.5, 0.6) is 0 Å². The number of hydrogen-bond acceptors (Lipinski definition) is 2. The van der Waals surface area contributed by atoms with Crippen molar-refractivity contribution >= 4 is 23.0 Å². The van der Waals surface area contributed by atoms with E-state index in [1.807, 2.05) is 0 Å². The van der Waals surface area contributed by atoms with Crippen LogP contribution in [0.25, 0.3) is 0 Å².